The van der Waals surface area contributed by atoms with Crippen LogP contribution in [-0.4, -0.2) is 25.9 Å². The average Bonchev–Trinajstić information content (AvgIpc) is 3.04. The minimum absolute atomic E-state index is 0.124. The molecular formula is C15H8Cl2F3N5O2. The molecule has 0 spiro atoms. The fourth-order valence-corrected chi connectivity index (χ4v) is 2.49. The number of hydrogen-bond donors (Lipinski definition) is 2. The molecule has 27 heavy (non-hydrogen) atoms. The molecule has 0 aliphatic rings. The monoisotopic (exact) mass is 417 g/mol. The third kappa shape index (κ3) is 3.96. The molecule has 0 radical (unpaired) electrons. The third-order valence-electron chi connectivity index (χ3n) is 3.34. The van der Waals surface area contributed by atoms with Crippen LogP contribution in [0.2, 0.25) is 10.0 Å². The highest BCUT2D eigenvalue weighted by atomic mass is 35.5. The first kappa shape index (κ1) is 18.9. The summed E-state index contributed by atoms with van der Waals surface area (Å²) in [5.74, 6) is -1.37. The maximum absolute atomic E-state index is 13.5. The Morgan fingerprint density at radius 2 is 1.89 bits per heavy atom. The standard InChI is InChI=1S/C15H8Cl2F3N5O2/c16-9-2-1-7(5-10(9)17)22-14(27)8-6-21-25(13(8)15(18,19)20)11-3-4-12(26)24-23-11/h1-6H,(H,22,27)(H,24,26). The molecule has 0 fully saturated rings. The van der Waals surface area contributed by atoms with Gasteiger partial charge in [0.1, 0.15) is 0 Å². The largest absolute Gasteiger partial charge is 0.434 e. The highest BCUT2D eigenvalue weighted by molar-refractivity contribution is 6.42. The van der Waals surface area contributed by atoms with Gasteiger partial charge in [-0.05, 0) is 24.3 Å². The van der Waals surface area contributed by atoms with Crippen molar-refractivity contribution in [3.05, 3.63) is 68.2 Å². The van der Waals surface area contributed by atoms with E-state index in [1.165, 1.54) is 18.2 Å². The van der Waals surface area contributed by atoms with Crippen LogP contribution in [0, 0.1) is 0 Å². The summed E-state index contributed by atoms with van der Waals surface area (Å²) < 4.78 is 41.0. The van der Waals surface area contributed by atoms with Gasteiger partial charge in [0.15, 0.2) is 11.5 Å². The zero-order valence-corrected chi connectivity index (χ0v) is 14.5. The van der Waals surface area contributed by atoms with Crippen LogP contribution >= 0.6 is 23.2 Å². The van der Waals surface area contributed by atoms with Gasteiger partial charge < -0.3 is 5.32 Å². The van der Waals surface area contributed by atoms with Crippen LogP contribution in [0.4, 0.5) is 18.9 Å². The minimum atomic E-state index is -4.92. The molecule has 2 aromatic heterocycles. The van der Waals surface area contributed by atoms with Crippen molar-refractivity contribution >= 4 is 34.8 Å². The summed E-state index contributed by atoms with van der Waals surface area (Å²) in [7, 11) is 0. The van der Waals surface area contributed by atoms with Crippen molar-refractivity contribution in [2.75, 3.05) is 5.32 Å². The van der Waals surface area contributed by atoms with Gasteiger partial charge in [-0.25, -0.2) is 9.78 Å². The molecule has 2 N–H and O–H groups in total. The van der Waals surface area contributed by atoms with Gasteiger partial charge in [0, 0.05) is 11.8 Å². The molecule has 3 aromatic rings. The Bertz CT molecular complexity index is 1060. The number of hydrogen-bond acceptors (Lipinski definition) is 4. The van der Waals surface area contributed by atoms with Crippen molar-refractivity contribution < 1.29 is 18.0 Å². The van der Waals surface area contributed by atoms with Gasteiger partial charge in [-0.1, -0.05) is 23.2 Å². The molecule has 2 heterocycles. The molecule has 140 valence electrons. The summed E-state index contributed by atoms with van der Waals surface area (Å²) in [6.45, 7) is 0. The number of aromatic amines is 1. The highest BCUT2D eigenvalue weighted by Gasteiger charge is 2.41. The Kier molecular flexibility index (Phi) is 4.94. The zero-order chi connectivity index (χ0) is 19.8. The molecule has 0 atom stereocenters. The molecule has 0 saturated heterocycles. The molecule has 0 bridgehead atoms. The van der Waals surface area contributed by atoms with E-state index in [1.807, 2.05) is 5.10 Å². The third-order valence-corrected chi connectivity index (χ3v) is 4.08. The van der Waals surface area contributed by atoms with E-state index in [2.05, 4.69) is 15.5 Å². The van der Waals surface area contributed by atoms with Gasteiger partial charge in [-0.2, -0.15) is 23.4 Å². The molecule has 0 aliphatic heterocycles. The Labute approximate surface area is 158 Å². The average molecular weight is 418 g/mol. The number of H-pyrrole nitrogens is 1. The van der Waals surface area contributed by atoms with E-state index in [4.69, 9.17) is 23.2 Å². The number of anilines is 1. The minimum Gasteiger partial charge on any atom is -0.322 e. The van der Waals surface area contributed by atoms with Crippen LogP contribution in [0.3, 0.4) is 0 Å². The summed E-state index contributed by atoms with van der Waals surface area (Å²) in [6.07, 6.45) is -4.17. The van der Waals surface area contributed by atoms with E-state index in [0.717, 1.165) is 18.3 Å². The van der Waals surface area contributed by atoms with Gasteiger partial charge in [-0.15, -0.1) is 0 Å². The first-order valence-electron chi connectivity index (χ1n) is 7.14. The van der Waals surface area contributed by atoms with Gasteiger partial charge in [0.25, 0.3) is 11.5 Å². The quantitative estimate of drug-likeness (QED) is 0.681. The Morgan fingerprint density at radius 1 is 1.15 bits per heavy atom. The van der Waals surface area contributed by atoms with Crippen molar-refractivity contribution in [2.24, 2.45) is 0 Å². The first-order chi connectivity index (χ1) is 12.7. The van der Waals surface area contributed by atoms with Crippen LogP contribution < -0.4 is 10.9 Å². The number of carbonyl (C=O) groups excluding carboxylic acids is 1. The summed E-state index contributed by atoms with van der Waals surface area (Å²) in [5.41, 5.74) is -2.53. The highest BCUT2D eigenvalue weighted by Crippen LogP contribution is 2.34. The predicted molar refractivity (Wildman–Crippen MR) is 91.4 cm³/mol. The number of nitrogens with zero attached hydrogens (tertiary/aromatic N) is 3. The van der Waals surface area contributed by atoms with Crippen LogP contribution in [0.5, 0.6) is 0 Å². The number of rotatable bonds is 3. The molecule has 12 heteroatoms. The molecule has 0 saturated carbocycles. The number of halogens is 5. The molecule has 1 amide bonds. The molecule has 0 unspecified atom stereocenters. The maximum Gasteiger partial charge on any atom is 0.434 e. The van der Waals surface area contributed by atoms with Crippen molar-refractivity contribution in [2.45, 2.75) is 6.18 Å². The fourth-order valence-electron chi connectivity index (χ4n) is 2.19. The molecular weight excluding hydrogens is 410 g/mol. The lowest BCUT2D eigenvalue weighted by atomic mass is 10.2. The van der Waals surface area contributed by atoms with Crippen LogP contribution in [0.25, 0.3) is 5.82 Å². The lowest BCUT2D eigenvalue weighted by Crippen LogP contribution is -2.21. The zero-order valence-electron chi connectivity index (χ0n) is 13.0. The number of alkyl halides is 3. The predicted octanol–water partition coefficient (Wildman–Crippen LogP) is 3.53. The number of benzene rings is 1. The smallest absolute Gasteiger partial charge is 0.322 e. The molecule has 3 rings (SSSR count). The SMILES string of the molecule is O=C(Nc1ccc(Cl)c(Cl)c1)c1cnn(-c2ccc(=O)[nH]n2)c1C(F)(F)F. The van der Waals surface area contributed by atoms with Crippen LogP contribution in [-0.2, 0) is 6.18 Å². The van der Waals surface area contributed by atoms with E-state index in [1.54, 1.807) is 0 Å². The van der Waals surface area contributed by atoms with Crippen molar-refractivity contribution in [1.82, 2.24) is 20.0 Å². The van der Waals surface area contributed by atoms with E-state index in [9.17, 15) is 22.8 Å². The maximum atomic E-state index is 13.5. The van der Waals surface area contributed by atoms with Crippen molar-refractivity contribution in [3.8, 4) is 5.82 Å². The van der Waals surface area contributed by atoms with Crippen molar-refractivity contribution in [1.29, 1.82) is 0 Å². The van der Waals surface area contributed by atoms with Crippen LogP contribution in [0.15, 0.2) is 41.3 Å². The van der Waals surface area contributed by atoms with E-state index in [0.29, 0.717) is 4.68 Å². The number of aromatic nitrogens is 4. The summed E-state index contributed by atoms with van der Waals surface area (Å²) in [6, 6.07) is 6.09. The van der Waals surface area contributed by atoms with Gasteiger partial charge >= 0.3 is 6.18 Å². The molecule has 1 aromatic carbocycles. The lowest BCUT2D eigenvalue weighted by molar-refractivity contribution is -0.143. The Morgan fingerprint density at radius 3 is 2.48 bits per heavy atom. The van der Waals surface area contributed by atoms with Gasteiger partial charge in [0.05, 0.1) is 21.8 Å². The van der Waals surface area contributed by atoms with Gasteiger partial charge in [0.2, 0.25) is 0 Å². The number of amides is 1. The second kappa shape index (κ2) is 7.05. The van der Waals surface area contributed by atoms with E-state index in [-0.39, 0.29) is 21.6 Å². The number of nitrogens with one attached hydrogen (secondary N) is 2. The second-order valence-electron chi connectivity index (χ2n) is 5.18. The first-order valence-corrected chi connectivity index (χ1v) is 7.90. The second-order valence-corrected chi connectivity index (χ2v) is 5.99. The molecule has 0 aliphatic carbocycles. The topological polar surface area (TPSA) is 92.7 Å². The Balaban J connectivity index is 2.02. The van der Waals surface area contributed by atoms with Crippen molar-refractivity contribution in [3.63, 3.8) is 0 Å². The summed E-state index contributed by atoms with van der Waals surface area (Å²) in [4.78, 5) is 23.4. The summed E-state index contributed by atoms with van der Waals surface area (Å²) in [5, 5.41) is 11.7. The summed E-state index contributed by atoms with van der Waals surface area (Å²) >= 11 is 11.6. The number of carbonyl (C=O) groups is 1. The molecule has 7 nitrogen and oxygen atoms in total. The lowest BCUT2D eigenvalue weighted by Gasteiger charge is -2.12. The van der Waals surface area contributed by atoms with E-state index < -0.39 is 28.9 Å². The Hall–Kier alpha value is -2.85. The van der Waals surface area contributed by atoms with Gasteiger partial charge in [-0.3, -0.25) is 9.59 Å². The normalized spacial score (nSPS) is 11.4. The van der Waals surface area contributed by atoms with E-state index >= 15 is 0 Å². The van der Waals surface area contributed by atoms with Crippen LogP contribution in [0.1, 0.15) is 16.1 Å². The fraction of sp³-hybridized carbons (Fsp3) is 0.0667.